The van der Waals surface area contributed by atoms with Gasteiger partial charge in [-0.05, 0) is 24.3 Å². The highest BCUT2D eigenvalue weighted by Gasteiger charge is 2.21. The summed E-state index contributed by atoms with van der Waals surface area (Å²) in [5, 5.41) is 11.3. The second-order valence-electron chi connectivity index (χ2n) is 6.22. The largest absolute Gasteiger partial charge is 0.495 e. The first-order valence-electron chi connectivity index (χ1n) is 8.92. The molecule has 4 rings (SSSR count). The maximum absolute atomic E-state index is 5.48. The van der Waals surface area contributed by atoms with Crippen LogP contribution in [-0.4, -0.2) is 48.5 Å². The van der Waals surface area contributed by atoms with Crippen molar-refractivity contribution in [2.24, 2.45) is 0 Å². The quantitative estimate of drug-likeness (QED) is 0.712. The van der Waals surface area contributed by atoms with Gasteiger partial charge in [-0.15, -0.1) is 5.10 Å². The molecule has 0 atom stereocenters. The number of methoxy groups -OCH3 is 1. The van der Waals surface area contributed by atoms with Crippen LogP contribution in [0.1, 0.15) is 5.76 Å². The number of piperazine rings is 1. The van der Waals surface area contributed by atoms with E-state index in [1.165, 1.54) is 0 Å². The minimum atomic E-state index is 0.496. The van der Waals surface area contributed by atoms with Crippen molar-refractivity contribution in [1.82, 2.24) is 15.2 Å². The maximum atomic E-state index is 5.48. The summed E-state index contributed by atoms with van der Waals surface area (Å²) in [5.41, 5.74) is 1.13. The van der Waals surface area contributed by atoms with Gasteiger partial charge in [0.25, 0.3) is 0 Å². The van der Waals surface area contributed by atoms with Gasteiger partial charge in [-0.3, -0.25) is 0 Å². The van der Waals surface area contributed by atoms with E-state index >= 15 is 0 Å². The van der Waals surface area contributed by atoms with Crippen molar-refractivity contribution in [2.45, 2.75) is 6.54 Å². The van der Waals surface area contributed by atoms with Crippen LogP contribution in [-0.2, 0) is 6.54 Å². The van der Waals surface area contributed by atoms with E-state index in [-0.39, 0.29) is 0 Å². The number of nitrogens with one attached hydrogen (secondary N) is 1. The number of aromatic nitrogens is 3. The molecule has 1 aliphatic heterocycles. The predicted molar refractivity (Wildman–Crippen MR) is 103 cm³/mol. The Hall–Kier alpha value is -3.29. The molecule has 27 heavy (non-hydrogen) atoms. The molecule has 0 aliphatic carbocycles. The molecule has 8 nitrogen and oxygen atoms in total. The van der Waals surface area contributed by atoms with Crippen LogP contribution < -0.4 is 19.9 Å². The van der Waals surface area contributed by atoms with Gasteiger partial charge < -0.3 is 24.3 Å². The molecule has 3 heterocycles. The third kappa shape index (κ3) is 3.94. The van der Waals surface area contributed by atoms with Crippen LogP contribution in [0.3, 0.4) is 0 Å². The lowest BCUT2D eigenvalue weighted by Gasteiger charge is -2.37. The van der Waals surface area contributed by atoms with E-state index in [1.54, 1.807) is 19.6 Å². The fourth-order valence-corrected chi connectivity index (χ4v) is 3.17. The van der Waals surface area contributed by atoms with Crippen molar-refractivity contribution >= 4 is 17.5 Å². The Labute approximate surface area is 157 Å². The SMILES string of the molecule is COc1ccccc1N1CCN(c2cnnc(NCc3ccco3)n2)CC1. The highest BCUT2D eigenvalue weighted by Crippen LogP contribution is 2.28. The van der Waals surface area contributed by atoms with Crippen molar-refractivity contribution in [2.75, 3.05) is 48.4 Å². The van der Waals surface area contributed by atoms with Gasteiger partial charge in [0, 0.05) is 26.2 Å². The molecule has 140 valence electrons. The molecule has 0 bridgehead atoms. The van der Waals surface area contributed by atoms with Crippen molar-refractivity contribution in [3.8, 4) is 5.75 Å². The molecule has 0 saturated carbocycles. The van der Waals surface area contributed by atoms with Crippen molar-refractivity contribution in [1.29, 1.82) is 0 Å². The lowest BCUT2D eigenvalue weighted by Crippen LogP contribution is -2.47. The number of hydrogen-bond donors (Lipinski definition) is 1. The molecule has 1 N–H and O–H groups in total. The zero-order chi connectivity index (χ0) is 18.5. The summed E-state index contributed by atoms with van der Waals surface area (Å²) in [6.07, 6.45) is 3.35. The Kier molecular flexibility index (Phi) is 5.04. The third-order valence-corrected chi connectivity index (χ3v) is 4.58. The first kappa shape index (κ1) is 17.1. The van der Waals surface area contributed by atoms with Crippen LogP contribution in [0.5, 0.6) is 5.75 Å². The van der Waals surface area contributed by atoms with E-state index in [2.05, 4.69) is 36.4 Å². The first-order chi connectivity index (χ1) is 13.3. The molecule has 8 heteroatoms. The average Bonchev–Trinajstić information content (AvgIpc) is 3.26. The van der Waals surface area contributed by atoms with Gasteiger partial charge in [0.15, 0.2) is 5.82 Å². The van der Waals surface area contributed by atoms with Crippen LogP contribution in [0.25, 0.3) is 0 Å². The van der Waals surface area contributed by atoms with Gasteiger partial charge in [0.2, 0.25) is 5.95 Å². The zero-order valence-electron chi connectivity index (χ0n) is 15.2. The highest BCUT2D eigenvalue weighted by molar-refractivity contribution is 5.59. The Balaban J connectivity index is 1.38. The van der Waals surface area contributed by atoms with Crippen LogP contribution in [0.15, 0.2) is 53.3 Å². The van der Waals surface area contributed by atoms with Crippen LogP contribution in [0, 0.1) is 0 Å². The molecule has 0 spiro atoms. The standard InChI is InChI=1S/C19H22N6O2/c1-26-17-7-3-2-6-16(17)24-8-10-25(11-9-24)18-14-21-23-19(22-18)20-13-15-5-4-12-27-15/h2-7,12,14H,8-11,13H2,1H3,(H,20,22,23). The monoisotopic (exact) mass is 366 g/mol. The molecule has 0 unspecified atom stereocenters. The summed E-state index contributed by atoms with van der Waals surface area (Å²) in [4.78, 5) is 9.14. The summed E-state index contributed by atoms with van der Waals surface area (Å²) in [5.74, 6) is 3.05. The molecule has 0 amide bonds. The minimum Gasteiger partial charge on any atom is -0.495 e. The van der Waals surface area contributed by atoms with Crippen LogP contribution in [0.2, 0.25) is 0 Å². The highest BCUT2D eigenvalue weighted by atomic mass is 16.5. The second kappa shape index (κ2) is 7.94. The lowest BCUT2D eigenvalue weighted by atomic mass is 10.2. The van der Waals surface area contributed by atoms with Gasteiger partial charge in [-0.2, -0.15) is 10.1 Å². The van der Waals surface area contributed by atoms with E-state index in [9.17, 15) is 0 Å². The van der Waals surface area contributed by atoms with Gasteiger partial charge in [0.1, 0.15) is 11.5 Å². The summed E-state index contributed by atoms with van der Waals surface area (Å²) in [6, 6.07) is 11.9. The zero-order valence-corrected chi connectivity index (χ0v) is 15.2. The Morgan fingerprint density at radius 1 is 1.07 bits per heavy atom. The third-order valence-electron chi connectivity index (χ3n) is 4.58. The number of furan rings is 1. The molecule has 0 radical (unpaired) electrons. The average molecular weight is 366 g/mol. The van der Waals surface area contributed by atoms with Crippen LogP contribution in [0.4, 0.5) is 17.5 Å². The molecule has 1 fully saturated rings. The predicted octanol–water partition coefficient (Wildman–Crippen LogP) is 2.41. The number of anilines is 3. The van der Waals surface area contributed by atoms with Gasteiger partial charge in [-0.25, -0.2) is 0 Å². The topological polar surface area (TPSA) is 79.5 Å². The molecule has 1 aliphatic rings. The second-order valence-corrected chi connectivity index (χ2v) is 6.22. The number of para-hydroxylation sites is 2. The van der Waals surface area contributed by atoms with E-state index < -0.39 is 0 Å². The first-order valence-corrected chi connectivity index (χ1v) is 8.92. The van der Waals surface area contributed by atoms with E-state index in [1.807, 2.05) is 30.3 Å². The summed E-state index contributed by atoms with van der Waals surface area (Å²) < 4.78 is 10.8. The van der Waals surface area contributed by atoms with Gasteiger partial charge in [0.05, 0.1) is 31.8 Å². The number of nitrogens with zero attached hydrogens (tertiary/aromatic N) is 5. The fraction of sp³-hybridized carbons (Fsp3) is 0.316. The summed E-state index contributed by atoms with van der Waals surface area (Å²) in [6.45, 7) is 4.02. The number of hydrogen-bond acceptors (Lipinski definition) is 8. The maximum Gasteiger partial charge on any atom is 0.245 e. The molecule has 1 aromatic carbocycles. The minimum absolute atomic E-state index is 0.496. The molecular formula is C19H22N6O2. The van der Waals surface area contributed by atoms with E-state index in [0.717, 1.165) is 49.2 Å². The summed E-state index contributed by atoms with van der Waals surface area (Å²) >= 11 is 0. The molecule has 1 saturated heterocycles. The fourth-order valence-electron chi connectivity index (χ4n) is 3.17. The Bertz CT molecular complexity index is 862. The number of rotatable bonds is 6. The van der Waals surface area contributed by atoms with Crippen molar-refractivity contribution in [3.05, 3.63) is 54.6 Å². The van der Waals surface area contributed by atoms with E-state index in [4.69, 9.17) is 9.15 Å². The van der Waals surface area contributed by atoms with E-state index in [0.29, 0.717) is 12.5 Å². The number of ether oxygens (including phenoxy) is 1. The summed E-state index contributed by atoms with van der Waals surface area (Å²) in [7, 11) is 1.71. The Morgan fingerprint density at radius 2 is 1.89 bits per heavy atom. The normalized spacial score (nSPS) is 14.3. The van der Waals surface area contributed by atoms with Gasteiger partial charge in [-0.1, -0.05) is 12.1 Å². The van der Waals surface area contributed by atoms with Crippen molar-refractivity contribution in [3.63, 3.8) is 0 Å². The Morgan fingerprint density at radius 3 is 2.67 bits per heavy atom. The number of benzene rings is 1. The van der Waals surface area contributed by atoms with Crippen LogP contribution >= 0.6 is 0 Å². The molecule has 3 aromatic rings. The smallest absolute Gasteiger partial charge is 0.245 e. The molecular weight excluding hydrogens is 344 g/mol. The lowest BCUT2D eigenvalue weighted by molar-refractivity contribution is 0.413. The molecule has 2 aromatic heterocycles. The van der Waals surface area contributed by atoms with Crippen molar-refractivity contribution < 1.29 is 9.15 Å². The van der Waals surface area contributed by atoms with Gasteiger partial charge >= 0.3 is 0 Å².